The number of carbonyl (C=O) groups excluding carboxylic acids is 1. The molecular formula is C19H24N2O4. The lowest BCUT2D eigenvalue weighted by molar-refractivity contribution is -0.115. The topological polar surface area (TPSA) is 68.8 Å². The number of ether oxygens (including phenoxy) is 3. The van der Waals surface area contributed by atoms with Gasteiger partial charge in [0.2, 0.25) is 5.91 Å². The van der Waals surface area contributed by atoms with Gasteiger partial charge in [-0.25, -0.2) is 0 Å². The van der Waals surface area contributed by atoms with Crippen LogP contribution in [0, 0.1) is 0 Å². The number of hydrogen-bond acceptors (Lipinski definition) is 5. The summed E-state index contributed by atoms with van der Waals surface area (Å²) in [4.78, 5) is 12.0. The number of nitrogens with one attached hydrogen (secondary N) is 2. The first kappa shape index (κ1) is 18.4. The molecule has 6 nitrogen and oxygen atoms in total. The Hall–Kier alpha value is -2.89. The van der Waals surface area contributed by atoms with Crippen molar-refractivity contribution in [3.63, 3.8) is 0 Å². The van der Waals surface area contributed by atoms with Crippen molar-refractivity contribution in [2.45, 2.75) is 13.3 Å². The van der Waals surface area contributed by atoms with Crippen LogP contribution in [0.5, 0.6) is 17.2 Å². The molecule has 1 amide bonds. The summed E-state index contributed by atoms with van der Waals surface area (Å²) in [5.41, 5.74) is 1.56. The maximum Gasteiger partial charge on any atom is 0.226 e. The molecule has 2 N–H and O–H groups in total. The Morgan fingerprint density at radius 1 is 1.00 bits per heavy atom. The van der Waals surface area contributed by atoms with Crippen molar-refractivity contribution >= 4 is 17.3 Å². The van der Waals surface area contributed by atoms with Gasteiger partial charge in [-0.15, -0.1) is 0 Å². The summed E-state index contributed by atoms with van der Waals surface area (Å²) in [6.07, 6.45) is 0.336. The third kappa shape index (κ3) is 5.60. The highest BCUT2D eigenvalue weighted by molar-refractivity contribution is 5.91. The average molecular weight is 344 g/mol. The largest absolute Gasteiger partial charge is 0.497 e. The summed E-state index contributed by atoms with van der Waals surface area (Å²) in [5, 5.41) is 6.06. The Balaban J connectivity index is 1.82. The second-order valence-electron chi connectivity index (χ2n) is 5.25. The molecular weight excluding hydrogens is 320 g/mol. The standard InChI is InChI=1S/C19H24N2O4/c1-4-25-15-7-5-14(6-8-15)21-19(22)11-12-20-17-10-9-16(23-2)13-18(17)24-3/h5-10,13,20H,4,11-12H2,1-3H3,(H,21,22). The van der Waals surface area contributed by atoms with Gasteiger partial charge in [0, 0.05) is 24.7 Å². The van der Waals surface area contributed by atoms with Crippen LogP contribution in [0.1, 0.15) is 13.3 Å². The number of anilines is 2. The smallest absolute Gasteiger partial charge is 0.226 e. The number of hydrogen-bond donors (Lipinski definition) is 2. The second kappa shape index (κ2) is 9.42. The molecule has 0 aliphatic carbocycles. The summed E-state index contributed by atoms with van der Waals surface area (Å²) >= 11 is 0. The zero-order valence-corrected chi connectivity index (χ0v) is 14.8. The first-order chi connectivity index (χ1) is 12.2. The third-order valence-electron chi connectivity index (χ3n) is 3.53. The summed E-state index contributed by atoms with van der Waals surface area (Å²) in [5.74, 6) is 2.11. The van der Waals surface area contributed by atoms with Crippen LogP contribution in [-0.2, 0) is 4.79 Å². The maximum absolute atomic E-state index is 12.0. The molecule has 0 fully saturated rings. The Morgan fingerprint density at radius 2 is 1.72 bits per heavy atom. The molecule has 0 aromatic heterocycles. The van der Waals surface area contributed by atoms with E-state index in [-0.39, 0.29) is 5.91 Å². The number of amides is 1. The molecule has 25 heavy (non-hydrogen) atoms. The fourth-order valence-corrected chi connectivity index (χ4v) is 2.28. The van der Waals surface area contributed by atoms with Crippen LogP contribution in [0.2, 0.25) is 0 Å². The predicted molar refractivity (Wildman–Crippen MR) is 98.9 cm³/mol. The maximum atomic E-state index is 12.0. The number of rotatable bonds is 9. The van der Waals surface area contributed by atoms with Crippen molar-refractivity contribution in [1.82, 2.24) is 0 Å². The van der Waals surface area contributed by atoms with Gasteiger partial charge in [0.05, 0.1) is 26.5 Å². The molecule has 134 valence electrons. The average Bonchev–Trinajstić information content (AvgIpc) is 2.63. The van der Waals surface area contributed by atoms with Crippen LogP contribution in [0.3, 0.4) is 0 Å². The third-order valence-corrected chi connectivity index (χ3v) is 3.53. The molecule has 0 saturated heterocycles. The van der Waals surface area contributed by atoms with E-state index in [0.717, 1.165) is 22.9 Å². The highest BCUT2D eigenvalue weighted by Crippen LogP contribution is 2.28. The second-order valence-corrected chi connectivity index (χ2v) is 5.25. The van der Waals surface area contributed by atoms with E-state index in [0.29, 0.717) is 25.3 Å². The number of methoxy groups -OCH3 is 2. The van der Waals surface area contributed by atoms with E-state index in [4.69, 9.17) is 14.2 Å². The van der Waals surface area contributed by atoms with E-state index in [1.807, 2.05) is 43.3 Å². The molecule has 0 saturated carbocycles. The van der Waals surface area contributed by atoms with E-state index in [1.165, 1.54) is 0 Å². The van der Waals surface area contributed by atoms with Crippen LogP contribution < -0.4 is 24.8 Å². The first-order valence-electron chi connectivity index (χ1n) is 8.15. The summed E-state index contributed by atoms with van der Waals surface area (Å²) < 4.78 is 15.9. The van der Waals surface area contributed by atoms with E-state index < -0.39 is 0 Å². The first-order valence-corrected chi connectivity index (χ1v) is 8.15. The molecule has 2 rings (SSSR count). The van der Waals surface area contributed by atoms with Gasteiger partial charge < -0.3 is 24.8 Å². The van der Waals surface area contributed by atoms with E-state index in [1.54, 1.807) is 20.3 Å². The van der Waals surface area contributed by atoms with Crippen molar-refractivity contribution < 1.29 is 19.0 Å². The molecule has 2 aromatic rings. The van der Waals surface area contributed by atoms with Crippen LogP contribution >= 0.6 is 0 Å². The van der Waals surface area contributed by atoms with Crippen LogP contribution in [0.15, 0.2) is 42.5 Å². The van der Waals surface area contributed by atoms with Crippen LogP contribution in [0.4, 0.5) is 11.4 Å². The van der Waals surface area contributed by atoms with Crippen molar-refractivity contribution in [3.8, 4) is 17.2 Å². The molecule has 2 aromatic carbocycles. The minimum atomic E-state index is -0.0656. The zero-order valence-electron chi connectivity index (χ0n) is 14.8. The Morgan fingerprint density at radius 3 is 2.36 bits per heavy atom. The van der Waals surface area contributed by atoms with Gasteiger partial charge in [-0.05, 0) is 43.3 Å². The Bertz CT molecular complexity index is 686. The molecule has 0 radical (unpaired) electrons. The minimum Gasteiger partial charge on any atom is -0.497 e. The minimum absolute atomic E-state index is 0.0656. The quantitative estimate of drug-likeness (QED) is 0.728. The highest BCUT2D eigenvalue weighted by Gasteiger charge is 2.06. The summed E-state index contributed by atoms with van der Waals surface area (Å²) in [7, 11) is 3.20. The lowest BCUT2D eigenvalue weighted by atomic mass is 10.2. The van der Waals surface area contributed by atoms with Gasteiger partial charge in [-0.3, -0.25) is 4.79 Å². The molecule has 0 aliphatic rings. The Labute approximate surface area is 148 Å². The Kier molecular flexibility index (Phi) is 6.95. The molecule has 0 spiro atoms. The summed E-state index contributed by atoms with van der Waals surface area (Å²) in [6.45, 7) is 3.04. The van der Waals surface area contributed by atoms with Crippen molar-refractivity contribution in [2.24, 2.45) is 0 Å². The van der Waals surface area contributed by atoms with Crippen LogP contribution in [0.25, 0.3) is 0 Å². The summed E-state index contributed by atoms with van der Waals surface area (Å²) in [6, 6.07) is 12.8. The van der Waals surface area contributed by atoms with Crippen molar-refractivity contribution in [2.75, 3.05) is 38.0 Å². The van der Waals surface area contributed by atoms with Crippen molar-refractivity contribution in [1.29, 1.82) is 0 Å². The van der Waals surface area contributed by atoms with E-state index >= 15 is 0 Å². The lowest BCUT2D eigenvalue weighted by Crippen LogP contribution is -2.16. The van der Waals surface area contributed by atoms with Gasteiger partial charge in [0.1, 0.15) is 17.2 Å². The molecule has 0 atom stereocenters. The predicted octanol–water partition coefficient (Wildman–Crippen LogP) is 3.54. The normalized spacial score (nSPS) is 10.0. The molecule has 0 aliphatic heterocycles. The van der Waals surface area contributed by atoms with Gasteiger partial charge in [0.25, 0.3) is 0 Å². The van der Waals surface area contributed by atoms with E-state index in [2.05, 4.69) is 10.6 Å². The monoisotopic (exact) mass is 344 g/mol. The van der Waals surface area contributed by atoms with Gasteiger partial charge >= 0.3 is 0 Å². The molecule has 0 unspecified atom stereocenters. The number of benzene rings is 2. The van der Waals surface area contributed by atoms with Crippen LogP contribution in [-0.4, -0.2) is 33.3 Å². The molecule has 0 heterocycles. The fraction of sp³-hybridized carbons (Fsp3) is 0.316. The van der Waals surface area contributed by atoms with Gasteiger partial charge in [-0.2, -0.15) is 0 Å². The van der Waals surface area contributed by atoms with Crippen molar-refractivity contribution in [3.05, 3.63) is 42.5 Å². The van der Waals surface area contributed by atoms with Gasteiger partial charge in [-0.1, -0.05) is 0 Å². The number of carbonyl (C=O) groups is 1. The zero-order chi connectivity index (χ0) is 18.1. The highest BCUT2D eigenvalue weighted by atomic mass is 16.5. The fourth-order valence-electron chi connectivity index (χ4n) is 2.28. The SMILES string of the molecule is CCOc1ccc(NC(=O)CCNc2ccc(OC)cc2OC)cc1. The van der Waals surface area contributed by atoms with E-state index in [9.17, 15) is 4.79 Å². The van der Waals surface area contributed by atoms with Gasteiger partial charge in [0.15, 0.2) is 0 Å². The molecule has 6 heteroatoms. The lowest BCUT2D eigenvalue weighted by Gasteiger charge is -2.12. The molecule has 0 bridgehead atoms.